The second kappa shape index (κ2) is 5.87. The van der Waals surface area contributed by atoms with Gasteiger partial charge in [-0.25, -0.2) is 0 Å². The van der Waals surface area contributed by atoms with Crippen molar-refractivity contribution in [3.05, 3.63) is 34.9 Å². The summed E-state index contributed by atoms with van der Waals surface area (Å²) in [7, 11) is 1.53. The molecule has 0 fully saturated rings. The van der Waals surface area contributed by atoms with E-state index in [0.29, 0.717) is 12.8 Å². The third-order valence-corrected chi connectivity index (χ3v) is 3.59. The Morgan fingerprint density at radius 3 is 2.74 bits per heavy atom. The molecule has 0 aromatic heterocycles. The van der Waals surface area contributed by atoms with Crippen molar-refractivity contribution >= 4 is 11.9 Å². The summed E-state index contributed by atoms with van der Waals surface area (Å²) >= 11 is 0. The lowest BCUT2D eigenvalue weighted by Crippen LogP contribution is -2.32. The normalized spacial score (nSPS) is 13.1. The van der Waals surface area contributed by atoms with Crippen LogP contribution in [0.15, 0.2) is 18.2 Å². The van der Waals surface area contributed by atoms with E-state index in [2.05, 4.69) is 18.2 Å². The molecule has 1 aliphatic rings. The quantitative estimate of drug-likeness (QED) is 0.876. The molecule has 0 heterocycles. The number of aliphatic carboxylic acids is 1. The summed E-state index contributed by atoms with van der Waals surface area (Å²) in [6.07, 6.45) is 4.56. The number of carboxylic acids is 1. The second-order valence-corrected chi connectivity index (χ2v) is 5.10. The molecule has 1 aromatic carbocycles. The Hall–Kier alpha value is -1.84. The molecule has 0 aliphatic heterocycles. The van der Waals surface area contributed by atoms with Gasteiger partial charge in [0.1, 0.15) is 6.54 Å². The predicted molar refractivity (Wildman–Crippen MR) is 72.1 cm³/mol. The molecule has 0 radical (unpaired) electrons. The molecule has 4 nitrogen and oxygen atoms in total. The average Bonchev–Trinajstić information content (AvgIpc) is 2.82. The first-order valence-corrected chi connectivity index (χ1v) is 6.62. The van der Waals surface area contributed by atoms with Crippen LogP contribution >= 0.6 is 0 Å². The zero-order valence-corrected chi connectivity index (χ0v) is 11.2. The van der Waals surface area contributed by atoms with Gasteiger partial charge in [-0.3, -0.25) is 9.59 Å². The summed E-state index contributed by atoms with van der Waals surface area (Å²) in [5, 5.41) is 8.63. The van der Waals surface area contributed by atoms with Crippen LogP contribution < -0.4 is 0 Å². The number of aryl methyl sites for hydroxylation is 3. The minimum Gasteiger partial charge on any atom is -0.480 e. The number of hydrogen-bond donors (Lipinski definition) is 1. The van der Waals surface area contributed by atoms with Crippen molar-refractivity contribution in [3.8, 4) is 0 Å². The fourth-order valence-corrected chi connectivity index (χ4v) is 2.51. The van der Waals surface area contributed by atoms with Crippen molar-refractivity contribution in [2.75, 3.05) is 13.6 Å². The molecular formula is C15H19NO3. The van der Waals surface area contributed by atoms with Gasteiger partial charge in [0, 0.05) is 13.5 Å². The largest absolute Gasteiger partial charge is 0.480 e. The van der Waals surface area contributed by atoms with E-state index in [1.54, 1.807) is 0 Å². The maximum Gasteiger partial charge on any atom is 0.323 e. The molecule has 19 heavy (non-hydrogen) atoms. The number of nitrogens with zero attached hydrogens (tertiary/aromatic N) is 1. The Labute approximate surface area is 113 Å². The number of rotatable bonds is 5. The first kappa shape index (κ1) is 13.6. The predicted octanol–water partition coefficient (Wildman–Crippen LogP) is 1.65. The number of fused-ring (bicyclic) bond motifs is 1. The number of carboxylic acid groups (broad SMARTS) is 1. The molecular weight excluding hydrogens is 242 g/mol. The van der Waals surface area contributed by atoms with Crippen LogP contribution in [0, 0.1) is 0 Å². The second-order valence-electron chi connectivity index (χ2n) is 5.10. The number of benzene rings is 1. The van der Waals surface area contributed by atoms with Crippen molar-refractivity contribution < 1.29 is 14.7 Å². The van der Waals surface area contributed by atoms with Crippen LogP contribution in [0.3, 0.4) is 0 Å². The van der Waals surface area contributed by atoms with Gasteiger partial charge in [0.2, 0.25) is 5.91 Å². The van der Waals surface area contributed by atoms with Crippen molar-refractivity contribution in [2.45, 2.75) is 32.1 Å². The van der Waals surface area contributed by atoms with Gasteiger partial charge in [-0.05, 0) is 42.4 Å². The Morgan fingerprint density at radius 1 is 1.26 bits per heavy atom. The average molecular weight is 261 g/mol. The third kappa shape index (κ3) is 3.56. The van der Waals surface area contributed by atoms with E-state index in [0.717, 1.165) is 18.4 Å². The van der Waals surface area contributed by atoms with E-state index in [9.17, 15) is 9.59 Å². The Balaban J connectivity index is 1.88. The highest BCUT2D eigenvalue weighted by atomic mass is 16.4. The molecule has 1 N–H and O–H groups in total. The minimum atomic E-state index is -0.978. The standard InChI is InChI=1S/C15H19NO3/c1-16(10-15(18)19)14(17)8-6-11-5-7-12-3-2-4-13(12)9-11/h5,7,9H,2-4,6,8,10H2,1H3,(H,18,19). The van der Waals surface area contributed by atoms with Gasteiger partial charge >= 0.3 is 5.97 Å². The number of amides is 1. The molecule has 0 unspecified atom stereocenters. The lowest BCUT2D eigenvalue weighted by atomic mass is 10.0. The molecule has 0 spiro atoms. The maximum atomic E-state index is 11.7. The molecule has 4 heteroatoms. The van der Waals surface area contributed by atoms with Crippen LogP contribution in [-0.4, -0.2) is 35.5 Å². The Kier molecular flexibility index (Phi) is 4.20. The van der Waals surface area contributed by atoms with Crippen LogP contribution in [0.25, 0.3) is 0 Å². The number of hydrogen-bond acceptors (Lipinski definition) is 2. The fourth-order valence-electron chi connectivity index (χ4n) is 2.51. The lowest BCUT2D eigenvalue weighted by molar-refractivity contribution is -0.143. The number of carbonyl (C=O) groups excluding carboxylic acids is 1. The molecule has 0 saturated heterocycles. The summed E-state index contributed by atoms with van der Waals surface area (Å²) in [4.78, 5) is 23.5. The summed E-state index contributed by atoms with van der Waals surface area (Å²) in [6, 6.07) is 6.42. The van der Waals surface area contributed by atoms with Gasteiger partial charge in [0.25, 0.3) is 0 Å². The summed E-state index contributed by atoms with van der Waals surface area (Å²) in [6.45, 7) is -0.233. The zero-order chi connectivity index (χ0) is 13.8. The molecule has 1 amide bonds. The van der Waals surface area contributed by atoms with E-state index in [-0.39, 0.29) is 12.5 Å². The highest BCUT2D eigenvalue weighted by molar-refractivity contribution is 5.81. The maximum absolute atomic E-state index is 11.7. The van der Waals surface area contributed by atoms with Gasteiger partial charge in [-0.2, -0.15) is 0 Å². The van der Waals surface area contributed by atoms with Crippen molar-refractivity contribution in [2.24, 2.45) is 0 Å². The molecule has 1 aliphatic carbocycles. The first-order chi connectivity index (χ1) is 9.06. The topological polar surface area (TPSA) is 57.6 Å². The van der Waals surface area contributed by atoms with E-state index in [1.807, 2.05) is 0 Å². The van der Waals surface area contributed by atoms with Crippen molar-refractivity contribution in [1.29, 1.82) is 0 Å². The Morgan fingerprint density at radius 2 is 2.00 bits per heavy atom. The summed E-state index contributed by atoms with van der Waals surface area (Å²) in [5.74, 6) is -1.10. The van der Waals surface area contributed by atoms with Gasteiger partial charge < -0.3 is 10.0 Å². The highest BCUT2D eigenvalue weighted by Gasteiger charge is 2.14. The number of carbonyl (C=O) groups is 2. The number of likely N-dealkylation sites (N-methyl/N-ethyl adjacent to an activating group) is 1. The van der Waals surface area contributed by atoms with Gasteiger partial charge in [-0.1, -0.05) is 18.2 Å². The SMILES string of the molecule is CN(CC(=O)O)C(=O)CCc1ccc2c(c1)CCC2. The van der Waals surface area contributed by atoms with Gasteiger partial charge in [-0.15, -0.1) is 0 Å². The first-order valence-electron chi connectivity index (χ1n) is 6.62. The summed E-state index contributed by atoms with van der Waals surface area (Å²) in [5.41, 5.74) is 4.00. The molecule has 102 valence electrons. The third-order valence-electron chi connectivity index (χ3n) is 3.59. The smallest absolute Gasteiger partial charge is 0.323 e. The lowest BCUT2D eigenvalue weighted by Gasteiger charge is -2.14. The summed E-state index contributed by atoms with van der Waals surface area (Å²) < 4.78 is 0. The van der Waals surface area contributed by atoms with Gasteiger partial charge in [0.15, 0.2) is 0 Å². The van der Waals surface area contributed by atoms with Crippen LogP contribution in [0.4, 0.5) is 0 Å². The fraction of sp³-hybridized carbons (Fsp3) is 0.467. The highest BCUT2D eigenvalue weighted by Crippen LogP contribution is 2.23. The molecule has 1 aromatic rings. The van der Waals surface area contributed by atoms with E-state index in [4.69, 9.17) is 5.11 Å². The van der Waals surface area contributed by atoms with Crippen LogP contribution in [-0.2, 0) is 28.9 Å². The van der Waals surface area contributed by atoms with E-state index >= 15 is 0 Å². The van der Waals surface area contributed by atoms with Crippen molar-refractivity contribution in [1.82, 2.24) is 4.90 Å². The molecule has 2 rings (SSSR count). The monoisotopic (exact) mass is 261 g/mol. The van der Waals surface area contributed by atoms with Crippen LogP contribution in [0.2, 0.25) is 0 Å². The Bertz CT molecular complexity index is 496. The minimum absolute atomic E-state index is 0.122. The zero-order valence-electron chi connectivity index (χ0n) is 11.2. The van der Waals surface area contributed by atoms with Gasteiger partial charge in [0.05, 0.1) is 0 Å². The van der Waals surface area contributed by atoms with E-state index < -0.39 is 5.97 Å². The molecule has 0 saturated carbocycles. The molecule has 0 bridgehead atoms. The van der Waals surface area contributed by atoms with Crippen LogP contribution in [0.1, 0.15) is 29.5 Å². The molecule has 0 atom stereocenters. The van der Waals surface area contributed by atoms with E-state index in [1.165, 1.54) is 29.5 Å². The van der Waals surface area contributed by atoms with Crippen molar-refractivity contribution in [3.63, 3.8) is 0 Å². The van der Waals surface area contributed by atoms with Crippen LogP contribution in [0.5, 0.6) is 0 Å².